The van der Waals surface area contributed by atoms with Crippen molar-refractivity contribution in [2.45, 2.75) is 12.8 Å². The SMILES string of the molecule is COC(Cn1c(=S)[nH]c2ccc(F)cc2c1=O)OC. The summed E-state index contributed by atoms with van der Waals surface area (Å²) in [6.07, 6.45) is -0.598. The second-order valence-electron chi connectivity index (χ2n) is 3.94. The van der Waals surface area contributed by atoms with Crippen molar-refractivity contribution in [2.75, 3.05) is 14.2 Å². The number of H-pyrrole nitrogens is 1. The predicted octanol–water partition coefficient (Wildman–Crippen LogP) is 1.82. The minimum atomic E-state index is -0.598. The Balaban J connectivity index is 2.61. The number of aromatic nitrogens is 2. The first-order valence-electron chi connectivity index (χ1n) is 5.54. The summed E-state index contributed by atoms with van der Waals surface area (Å²) in [6.45, 7) is 0.133. The molecule has 2 aromatic rings. The van der Waals surface area contributed by atoms with Crippen molar-refractivity contribution in [1.82, 2.24) is 9.55 Å². The van der Waals surface area contributed by atoms with Crippen molar-refractivity contribution in [3.8, 4) is 0 Å². The minimum absolute atomic E-state index is 0.133. The first-order valence-corrected chi connectivity index (χ1v) is 5.95. The standard InChI is InChI=1S/C12H13FN2O3S/c1-17-10(18-2)6-15-11(16)8-5-7(13)3-4-9(8)14-12(15)19/h3-5,10H,6H2,1-2H3,(H,14,19). The first kappa shape index (κ1) is 13.9. The summed E-state index contributed by atoms with van der Waals surface area (Å²) in [4.78, 5) is 15.1. The molecular formula is C12H13FN2O3S. The van der Waals surface area contributed by atoms with Crippen molar-refractivity contribution < 1.29 is 13.9 Å². The van der Waals surface area contributed by atoms with Gasteiger partial charge in [0.25, 0.3) is 5.56 Å². The van der Waals surface area contributed by atoms with Gasteiger partial charge < -0.3 is 14.5 Å². The normalized spacial score (nSPS) is 11.4. The van der Waals surface area contributed by atoms with E-state index in [1.807, 2.05) is 0 Å². The highest BCUT2D eigenvalue weighted by Crippen LogP contribution is 2.09. The van der Waals surface area contributed by atoms with E-state index in [-0.39, 0.29) is 22.3 Å². The summed E-state index contributed by atoms with van der Waals surface area (Å²) < 4.78 is 24.8. The third-order valence-electron chi connectivity index (χ3n) is 2.80. The fourth-order valence-electron chi connectivity index (χ4n) is 1.78. The van der Waals surface area contributed by atoms with Gasteiger partial charge >= 0.3 is 0 Å². The lowest BCUT2D eigenvalue weighted by Gasteiger charge is -2.15. The summed E-state index contributed by atoms with van der Waals surface area (Å²) >= 11 is 5.12. The third kappa shape index (κ3) is 2.73. The van der Waals surface area contributed by atoms with Crippen LogP contribution in [0.1, 0.15) is 0 Å². The van der Waals surface area contributed by atoms with E-state index in [2.05, 4.69) is 4.98 Å². The van der Waals surface area contributed by atoms with Crippen LogP contribution in [0.3, 0.4) is 0 Å². The summed E-state index contributed by atoms with van der Waals surface area (Å²) in [5, 5.41) is 0.236. The number of nitrogens with one attached hydrogen (secondary N) is 1. The molecule has 0 aliphatic heterocycles. The van der Waals surface area contributed by atoms with E-state index in [1.165, 1.54) is 37.0 Å². The Morgan fingerprint density at radius 3 is 2.74 bits per heavy atom. The summed E-state index contributed by atoms with van der Waals surface area (Å²) in [5.41, 5.74) is 0.122. The topological polar surface area (TPSA) is 56.2 Å². The monoisotopic (exact) mass is 284 g/mol. The van der Waals surface area contributed by atoms with Gasteiger partial charge in [-0.1, -0.05) is 0 Å². The third-order valence-corrected chi connectivity index (χ3v) is 3.12. The molecule has 102 valence electrons. The molecule has 1 N–H and O–H groups in total. The lowest BCUT2D eigenvalue weighted by atomic mass is 10.2. The van der Waals surface area contributed by atoms with Gasteiger partial charge in [-0.2, -0.15) is 0 Å². The molecular weight excluding hydrogens is 271 g/mol. The van der Waals surface area contributed by atoms with Crippen LogP contribution >= 0.6 is 12.2 Å². The van der Waals surface area contributed by atoms with E-state index in [9.17, 15) is 9.18 Å². The highest BCUT2D eigenvalue weighted by molar-refractivity contribution is 7.71. The number of hydrogen-bond donors (Lipinski definition) is 1. The molecule has 0 spiro atoms. The van der Waals surface area contributed by atoms with E-state index in [0.717, 1.165) is 0 Å². The molecule has 1 aromatic heterocycles. The Hall–Kier alpha value is -1.57. The summed E-state index contributed by atoms with van der Waals surface area (Å²) in [7, 11) is 2.93. The molecule has 5 nitrogen and oxygen atoms in total. The van der Waals surface area contributed by atoms with Crippen LogP contribution in [0, 0.1) is 10.6 Å². The van der Waals surface area contributed by atoms with Crippen molar-refractivity contribution >= 4 is 23.1 Å². The molecule has 0 aliphatic rings. The quantitative estimate of drug-likeness (QED) is 0.687. The zero-order valence-electron chi connectivity index (χ0n) is 10.5. The highest BCUT2D eigenvalue weighted by Gasteiger charge is 2.12. The number of nitrogens with zero attached hydrogens (tertiary/aromatic N) is 1. The Bertz CT molecular complexity index is 706. The second-order valence-corrected chi connectivity index (χ2v) is 4.32. The molecule has 0 aliphatic carbocycles. The number of halogens is 1. The van der Waals surface area contributed by atoms with Gasteiger partial charge in [0.15, 0.2) is 11.1 Å². The number of ether oxygens (including phenoxy) is 2. The number of aromatic amines is 1. The zero-order chi connectivity index (χ0) is 14.0. The molecule has 0 amide bonds. The average molecular weight is 284 g/mol. The van der Waals surface area contributed by atoms with Gasteiger partial charge in [-0.05, 0) is 30.4 Å². The lowest BCUT2D eigenvalue weighted by Crippen LogP contribution is -2.30. The Morgan fingerprint density at radius 2 is 2.11 bits per heavy atom. The van der Waals surface area contributed by atoms with Crippen molar-refractivity contribution in [1.29, 1.82) is 0 Å². The van der Waals surface area contributed by atoms with Gasteiger partial charge in [-0.15, -0.1) is 0 Å². The highest BCUT2D eigenvalue weighted by atomic mass is 32.1. The summed E-state index contributed by atoms with van der Waals surface area (Å²) in [6, 6.07) is 3.93. The van der Waals surface area contributed by atoms with Crippen LogP contribution in [0.4, 0.5) is 4.39 Å². The molecule has 0 saturated heterocycles. The maximum atomic E-state index is 13.2. The Kier molecular flexibility index (Phi) is 4.08. The maximum absolute atomic E-state index is 13.2. The zero-order valence-corrected chi connectivity index (χ0v) is 11.3. The number of benzene rings is 1. The van der Waals surface area contributed by atoms with Crippen LogP contribution in [-0.4, -0.2) is 30.1 Å². The molecule has 7 heteroatoms. The van der Waals surface area contributed by atoms with Crippen LogP contribution in [0.25, 0.3) is 10.9 Å². The van der Waals surface area contributed by atoms with Gasteiger partial charge in [-0.25, -0.2) is 4.39 Å². The Morgan fingerprint density at radius 1 is 1.42 bits per heavy atom. The van der Waals surface area contributed by atoms with E-state index in [0.29, 0.717) is 5.52 Å². The maximum Gasteiger partial charge on any atom is 0.262 e. The van der Waals surface area contributed by atoms with Crippen LogP contribution in [0.5, 0.6) is 0 Å². The number of rotatable bonds is 4. The smallest absolute Gasteiger partial charge is 0.262 e. The largest absolute Gasteiger partial charge is 0.354 e. The van der Waals surface area contributed by atoms with Gasteiger partial charge in [0, 0.05) is 14.2 Å². The van der Waals surface area contributed by atoms with Gasteiger partial charge in [0.1, 0.15) is 5.82 Å². The number of hydrogen-bond acceptors (Lipinski definition) is 4. The first-order chi connectivity index (χ1) is 9.06. The fraction of sp³-hybridized carbons (Fsp3) is 0.333. The predicted molar refractivity (Wildman–Crippen MR) is 71.2 cm³/mol. The van der Waals surface area contributed by atoms with E-state index in [1.54, 1.807) is 0 Å². The minimum Gasteiger partial charge on any atom is -0.354 e. The molecule has 19 heavy (non-hydrogen) atoms. The van der Waals surface area contributed by atoms with Crippen molar-refractivity contribution in [3.05, 3.63) is 39.1 Å². The molecule has 2 rings (SSSR count). The molecule has 1 aromatic carbocycles. The molecule has 0 saturated carbocycles. The van der Waals surface area contributed by atoms with Crippen LogP contribution in [-0.2, 0) is 16.0 Å². The van der Waals surface area contributed by atoms with Gasteiger partial charge in [0.05, 0.1) is 17.4 Å². The molecule has 1 heterocycles. The van der Waals surface area contributed by atoms with Crippen molar-refractivity contribution in [2.24, 2.45) is 0 Å². The number of methoxy groups -OCH3 is 2. The molecule has 0 atom stereocenters. The van der Waals surface area contributed by atoms with Gasteiger partial charge in [0.2, 0.25) is 0 Å². The molecule has 0 fully saturated rings. The Labute approximate surface area is 113 Å². The van der Waals surface area contributed by atoms with E-state index >= 15 is 0 Å². The molecule has 0 unspecified atom stereocenters. The van der Waals surface area contributed by atoms with Gasteiger partial charge in [-0.3, -0.25) is 9.36 Å². The van der Waals surface area contributed by atoms with Crippen LogP contribution in [0.2, 0.25) is 0 Å². The summed E-state index contributed by atoms with van der Waals surface area (Å²) in [5.74, 6) is -0.475. The number of fused-ring (bicyclic) bond motifs is 1. The fourth-order valence-corrected chi connectivity index (χ4v) is 2.05. The van der Waals surface area contributed by atoms with Crippen LogP contribution < -0.4 is 5.56 Å². The second kappa shape index (κ2) is 5.60. The van der Waals surface area contributed by atoms with Crippen LogP contribution in [0.15, 0.2) is 23.0 Å². The average Bonchev–Trinajstić information content (AvgIpc) is 2.40. The van der Waals surface area contributed by atoms with Crippen molar-refractivity contribution in [3.63, 3.8) is 0 Å². The molecule has 0 bridgehead atoms. The molecule has 0 radical (unpaired) electrons. The van der Waals surface area contributed by atoms with E-state index in [4.69, 9.17) is 21.7 Å². The lowest BCUT2D eigenvalue weighted by molar-refractivity contribution is -0.111. The van der Waals surface area contributed by atoms with E-state index < -0.39 is 12.1 Å².